The summed E-state index contributed by atoms with van der Waals surface area (Å²) in [6.45, 7) is 0.546. The third kappa shape index (κ3) is 2.72. The van der Waals surface area contributed by atoms with Crippen molar-refractivity contribution >= 4 is 17.2 Å². The molecular weight excluding hydrogens is 250 g/mol. The Kier molecular flexibility index (Phi) is 4.37. The van der Waals surface area contributed by atoms with Gasteiger partial charge in [-0.25, -0.2) is 0 Å². The molecule has 96 valence electrons. The van der Waals surface area contributed by atoms with Gasteiger partial charge in [0.15, 0.2) is 0 Å². The van der Waals surface area contributed by atoms with Crippen molar-refractivity contribution in [2.75, 3.05) is 19.8 Å². The molecule has 1 saturated heterocycles. The first-order valence-electron chi connectivity index (χ1n) is 5.86. The van der Waals surface area contributed by atoms with Gasteiger partial charge in [0.1, 0.15) is 6.61 Å². The minimum absolute atomic E-state index is 0.0209. The summed E-state index contributed by atoms with van der Waals surface area (Å²) < 4.78 is 0. The Morgan fingerprint density at radius 3 is 3.11 bits per heavy atom. The van der Waals surface area contributed by atoms with Gasteiger partial charge < -0.3 is 15.1 Å². The van der Waals surface area contributed by atoms with Gasteiger partial charge in [0, 0.05) is 11.9 Å². The van der Waals surface area contributed by atoms with E-state index in [2.05, 4.69) is 11.8 Å². The van der Waals surface area contributed by atoms with E-state index >= 15 is 0 Å². The normalized spacial score (nSPS) is 18.6. The maximum absolute atomic E-state index is 12.2. The largest absolute Gasteiger partial charge is 0.394 e. The molecule has 0 saturated carbocycles. The van der Waals surface area contributed by atoms with Gasteiger partial charge in [-0.2, -0.15) is 0 Å². The summed E-state index contributed by atoms with van der Waals surface area (Å²) >= 11 is 1.39. The first-order valence-corrected chi connectivity index (χ1v) is 6.74. The SMILES string of the molecule is O=C(c1csc(C#CCO)c1)N1CCCC1CO. The zero-order chi connectivity index (χ0) is 13.0. The zero-order valence-corrected chi connectivity index (χ0v) is 10.7. The molecule has 5 heteroatoms. The molecule has 0 radical (unpaired) electrons. The van der Waals surface area contributed by atoms with Crippen molar-refractivity contribution in [1.82, 2.24) is 4.90 Å². The Hall–Kier alpha value is -1.35. The summed E-state index contributed by atoms with van der Waals surface area (Å²) in [6, 6.07) is 1.69. The summed E-state index contributed by atoms with van der Waals surface area (Å²) in [6.07, 6.45) is 1.81. The number of carbonyl (C=O) groups is 1. The van der Waals surface area contributed by atoms with Crippen molar-refractivity contribution in [2.24, 2.45) is 0 Å². The second kappa shape index (κ2) is 6.01. The summed E-state index contributed by atoms with van der Waals surface area (Å²) in [5.74, 6) is 5.30. The number of aliphatic hydroxyl groups excluding tert-OH is 2. The fourth-order valence-corrected chi connectivity index (χ4v) is 2.85. The lowest BCUT2D eigenvalue weighted by Crippen LogP contribution is -2.37. The van der Waals surface area contributed by atoms with Crippen molar-refractivity contribution in [2.45, 2.75) is 18.9 Å². The highest BCUT2D eigenvalue weighted by Crippen LogP contribution is 2.22. The number of rotatable bonds is 2. The molecule has 0 bridgehead atoms. The van der Waals surface area contributed by atoms with Crippen molar-refractivity contribution in [3.05, 3.63) is 21.9 Å². The Balaban J connectivity index is 2.11. The second-order valence-electron chi connectivity index (χ2n) is 4.14. The molecule has 0 aliphatic carbocycles. The Morgan fingerprint density at radius 2 is 2.39 bits per heavy atom. The quantitative estimate of drug-likeness (QED) is 0.773. The van der Waals surface area contributed by atoms with Crippen LogP contribution in [0.2, 0.25) is 0 Å². The van der Waals surface area contributed by atoms with Crippen LogP contribution >= 0.6 is 11.3 Å². The predicted octanol–water partition coefficient (Wildman–Crippen LogP) is 0.689. The minimum atomic E-state index is -0.181. The number of hydrogen-bond donors (Lipinski definition) is 2. The summed E-state index contributed by atoms with van der Waals surface area (Å²) in [4.78, 5) is 14.7. The first-order chi connectivity index (χ1) is 8.76. The molecule has 1 fully saturated rings. The molecule has 1 aliphatic heterocycles. The minimum Gasteiger partial charge on any atom is -0.394 e. The van der Waals surface area contributed by atoms with Crippen molar-refractivity contribution in [3.63, 3.8) is 0 Å². The third-order valence-corrected chi connectivity index (χ3v) is 3.83. The van der Waals surface area contributed by atoms with E-state index in [0.717, 1.165) is 17.7 Å². The number of aliphatic hydroxyl groups is 2. The molecule has 2 heterocycles. The van der Waals surface area contributed by atoms with Crippen molar-refractivity contribution < 1.29 is 15.0 Å². The van der Waals surface area contributed by atoms with Crippen LogP contribution in [0.25, 0.3) is 0 Å². The van der Waals surface area contributed by atoms with Crippen LogP contribution in [0.5, 0.6) is 0 Å². The van der Waals surface area contributed by atoms with Gasteiger partial charge in [0.2, 0.25) is 0 Å². The number of nitrogens with zero attached hydrogens (tertiary/aromatic N) is 1. The fourth-order valence-electron chi connectivity index (χ4n) is 2.10. The number of amides is 1. The van der Waals surface area contributed by atoms with Crippen LogP contribution in [0.3, 0.4) is 0 Å². The van der Waals surface area contributed by atoms with Crippen molar-refractivity contribution in [3.8, 4) is 11.8 Å². The van der Waals surface area contributed by atoms with Crippen LogP contribution in [0.4, 0.5) is 0 Å². The molecule has 0 aromatic carbocycles. The standard InChI is InChI=1S/C13H15NO3S/c15-6-2-4-12-7-10(9-18-12)13(17)14-5-1-3-11(14)8-16/h7,9,11,15-16H,1,3,5-6,8H2. The van der Waals surface area contributed by atoms with Gasteiger partial charge in [-0.1, -0.05) is 11.8 Å². The zero-order valence-electron chi connectivity index (χ0n) is 9.93. The van der Waals surface area contributed by atoms with E-state index in [4.69, 9.17) is 5.11 Å². The molecule has 1 unspecified atom stereocenters. The van der Waals surface area contributed by atoms with Gasteiger partial charge in [-0.05, 0) is 18.9 Å². The van der Waals surface area contributed by atoms with Gasteiger partial charge in [-0.15, -0.1) is 11.3 Å². The maximum atomic E-state index is 12.2. The first kappa shape index (κ1) is 13.1. The van der Waals surface area contributed by atoms with Crippen LogP contribution in [-0.4, -0.2) is 46.8 Å². The molecule has 2 N–H and O–H groups in total. The number of carbonyl (C=O) groups excluding carboxylic acids is 1. The van der Waals surface area contributed by atoms with E-state index in [1.807, 2.05) is 0 Å². The lowest BCUT2D eigenvalue weighted by atomic mass is 10.2. The van der Waals surface area contributed by atoms with E-state index in [1.165, 1.54) is 11.3 Å². The average Bonchev–Trinajstić information content (AvgIpc) is 3.04. The highest BCUT2D eigenvalue weighted by molar-refractivity contribution is 7.10. The molecule has 0 spiro atoms. The Bertz CT molecular complexity index is 486. The van der Waals surface area contributed by atoms with Gasteiger partial charge in [0.05, 0.1) is 23.1 Å². The molecule has 1 amide bonds. The summed E-state index contributed by atoms with van der Waals surface area (Å²) in [7, 11) is 0. The molecule has 1 aromatic heterocycles. The molecule has 2 rings (SSSR count). The maximum Gasteiger partial charge on any atom is 0.255 e. The molecule has 1 atom stereocenters. The van der Waals surface area contributed by atoms with E-state index in [-0.39, 0.29) is 25.2 Å². The molecule has 1 aromatic rings. The third-order valence-electron chi connectivity index (χ3n) is 2.99. The van der Waals surface area contributed by atoms with Crippen LogP contribution in [-0.2, 0) is 0 Å². The fraction of sp³-hybridized carbons (Fsp3) is 0.462. The highest BCUT2D eigenvalue weighted by Gasteiger charge is 2.29. The molecule has 18 heavy (non-hydrogen) atoms. The molecule has 1 aliphatic rings. The van der Waals surface area contributed by atoms with Crippen LogP contribution in [0, 0.1) is 11.8 Å². The lowest BCUT2D eigenvalue weighted by Gasteiger charge is -2.22. The Labute approximate surface area is 110 Å². The van der Waals surface area contributed by atoms with E-state index in [1.54, 1.807) is 16.3 Å². The van der Waals surface area contributed by atoms with Gasteiger partial charge in [0.25, 0.3) is 5.91 Å². The number of hydrogen-bond acceptors (Lipinski definition) is 4. The predicted molar refractivity (Wildman–Crippen MR) is 69.4 cm³/mol. The summed E-state index contributed by atoms with van der Waals surface area (Å²) in [5.41, 5.74) is 0.614. The highest BCUT2D eigenvalue weighted by atomic mass is 32.1. The monoisotopic (exact) mass is 265 g/mol. The van der Waals surface area contributed by atoms with E-state index in [9.17, 15) is 9.90 Å². The van der Waals surface area contributed by atoms with E-state index in [0.29, 0.717) is 12.1 Å². The molecular formula is C13H15NO3S. The van der Waals surface area contributed by atoms with Gasteiger partial charge >= 0.3 is 0 Å². The van der Waals surface area contributed by atoms with E-state index < -0.39 is 0 Å². The number of thiophene rings is 1. The van der Waals surface area contributed by atoms with Gasteiger partial charge in [-0.3, -0.25) is 4.79 Å². The summed E-state index contributed by atoms with van der Waals surface area (Å²) in [5, 5.41) is 19.6. The average molecular weight is 265 g/mol. The smallest absolute Gasteiger partial charge is 0.255 e. The van der Waals surface area contributed by atoms with Crippen LogP contribution in [0.15, 0.2) is 11.4 Å². The van der Waals surface area contributed by atoms with Crippen LogP contribution < -0.4 is 0 Å². The molecule has 4 nitrogen and oxygen atoms in total. The van der Waals surface area contributed by atoms with Crippen molar-refractivity contribution in [1.29, 1.82) is 0 Å². The Morgan fingerprint density at radius 1 is 1.56 bits per heavy atom. The topological polar surface area (TPSA) is 60.8 Å². The lowest BCUT2D eigenvalue weighted by molar-refractivity contribution is 0.0678. The second-order valence-corrected chi connectivity index (χ2v) is 5.05. The number of likely N-dealkylation sites (tertiary alicyclic amines) is 1. The van der Waals surface area contributed by atoms with Crippen LogP contribution in [0.1, 0.15) is 28.1 Å².